The van der Waals surface area contributed by atoms with Gasteiger partial charge in [-0.1, -0.05) is 20.8 Å². The van der Waals surface area contributed by atoms with E-state index in [0.29, 0.717) is 67.5 Å². The topological polar surface area (TPSA) is 118 Å². The van der Waals surface area contributed by atoms with E-state index in [4.69, 9.17) is 9.84 Å². The Balaban J connectivity index is 1.58. The van der Waals surface area contributed by atoms with E-state index in [1.54, 1.807) is 0 Å². The lowest BCUT2D eigenvalue weighted by Gasteiger charge is -2.62. The van der Waals surface area contributed by atoms with Gasteiger partial charge in [-0.25, -0.2) is 0 Å². The van der Waals surface area contributed by atoms with Gasteiger partial charge in [-0.15, -0.1) is 0 Å². The first kappa shape index (κ1) is 28.1. The van der Waals surface area contributed by atoms with Crippen LogP contribution in [0.25, 0.3) is 0 Å². The van der Waals surface area contributed by atoms with Gasteiger partial charge in [0.05, 0.1) is 0 Å². The highest BCUT2D eigenvalue weighted by Crippen LogP contribution is 2.68. The second-order valence-corrected chi connectivity index (χ2v) is 13.2. The lowest BCUT2D eigenvalue weighted by Crippen LogP contribution is -2.59. The van der Waals surface area contributed by atoms with Crippen molar-refractivity contribution in [2.75, 3.05) is 0 Å². The van der Waals surface area contributed by atoms with E-state index in [-0.39, 0.29) is 48.1 Å². The lowest BCUT2D eigenvalue weighted by molar-refractivity contribution is -0.195. The number of hydrogen-bond acceptors (Lipinski definition) is 5. The first-order valence-electron chi connectivity index (χ1n) is 14.6. The zero-order valence-electron chi connectivity index (χ0n) is 22.9. The molecule has 4 aliphatic rings. The number of rotatable bonds is 10. The highest BCUT2D eigenvalue weighted by Gasteiger charge is 2.65. The summed E-state index contributed by atoms with van der Waals surface area (Å²) in [7, 11) is 0. The van der Waals surface area contributed by atoms with Crippen molar-refractivity contribution in [2.45, 2.75) is 117 Å². The number of carboxylic acid groups (broad SMARTS) is 2. The monoisotopic (exact) mass is 518 g/mol. The van der Waals surface area contributed by atoms with Gasteiger partial charge in [-0.2, -0.15) is 0 Å². The smallest absolute Gasteiger partial charge is 0.306 e. The Kier molecular flexibility index (Phi) is 8.40. The van der Waals surface area contributed by atoms with Crippen molar-refractivity contribution in [3.05, 3.63) is 0 Å². The van der Waals surface area contributed by atoms with Gasteiger partial charge < -0.3 is 14.9 Å². The Labute approximate surface area is 221 Å². The fourth-order valence-corrected chi connectivity index (χ4v) is 9.43. The second kappa shape index (κ2) is 11.1. The standard InChI is InChI=1S/C30H46O7/c1-18(8-13-27(34)35)22-11-12-23-21-10-9-19-16-20(31)14-15-29(19,2)24(21)17-25(30(22,23)3)37-28(36)7-5-4-6-26(32)33/h18-19,21-25H,4-17H2,1-3H3,(H,32,33)(H,34,35)/t18-,19?,21+,22-,23+,24+,25+,29+,30-/m1/s1. The maximum atomic E-state index is 13.1. The summed E-state index contributed by atoms with van der Waals surface area (Å²) in [5.74, 6) is 0.904. The summed E-state index contributed by atoms with van der Waals surface area (Å²) >= 11 is 0. The Hall–Kier alpha value is -1.92. The quantitative estimate of drug-likeness (QED) is 0.274. The van der Waals surface area contributed by atoms with Gasteiger partial charge in [-0.3, -0.25) is 19.2 Å². The minimum Gasteiger partial charge on any atom is -0.481 e. The van der Waals surface area contributed by atoms with Gasteiger partial charge >= 0.3 is 17.9 Å². The second-order valence-electron chi connectivity index (χ2n) is 13.2. The van der Waals surface area contributed by atoms with Crippen molar-refractivity contribution in [2.24, 2.45) is 46.3 Å². The molecular formula is C30H46O7. The van der Waals surface area contributed by atoms with Crippen LogP contribution >= 0.6 is 0 Å². The summed E-state index contributed by atoms with van der Waals surface area (Å²) in [5, 5.41) is 18.2. The van der Waals surface area contributed by atoms with Crippen LogP contribution in [-0.2, 0) is 23.9 Å². The van der Waals surface area contributed by atoms with E-state index in [0.717, 1.165) is 38.5 Å². The van der Waals surface area contributed by atoms with E-state index < -0.39 is 11.9 Å². The number of unbranched alkanes of at least 4 members (excludes halogenated alkanes) is 1. The Morgan fingerprint density at radius 2 is 1.68 bits per heavy atom. The molecule has 0 spiro atoms. The fourth-order valence-electron chi connectivity index (χ4n) is 9.43. The summed E-state index contributed by atoms with van der Waals surface area (Å²) in [4.78, 5) is 47.5. The van der Waals surface area contributed by atoms with E-state index in [9.17, 15) is 24.3 Å². The molecule has 0 bridgehead atoms. The average Bonchev–Trinajstić information content (AvgIpc) is 3.19. The van der Waals surface area contributed by atoms with Gasteiger partial charge in [0, 0.05) is 37.5 Å². The van der Waals surface area contributed by atoms with Crippen LogP contribution < -0.4 is 0 Å². The Morgan fingerprint density at radius 3 is 2.38 bits per heavy atom. The summed E-state index contributed by atoms with van der Waals surface area (Å²) in [5.41, 5.74) is -0.0964. The number of fused-ring (bicyclic) bond motifs is 5. The molecular weight excluding hydrogens is 472 g/mol. The van der Waals surface area contributed by atoms with E-state index in [2.05, 4.69) is 20.8 Å². The van der Waals surface area contributed by atoms with Gasteiger partial charge in [-0.05, 0) is 98.7 Å². The normalized spacial score (nSPS) is 39.7. The number of ketones is 1. The maximum absolute atomic E-state index is 13.1. The molecule has 4 saturated carbocycles. The van der Waals surface area contributed by atoms with Gasteiger partial charge in [0.15, 0.2) is 0 Å². The minimum absolute atomic E-state index is 0.0574. The molecule has 0 aliphatic heterocycles. The third-order valence-corrected chi connectivity index (χ3v) is 11.4. The molecule has 37 heavy (non-hydrogen) atoms. The molecule has 7 nitrogen and oxygen atoms in total. The molecule has 9 atom stereocenters. The highest BCUT2D eigenvalue weighted by molar-refractivity contribution is 5.79. The number of carbonyl (C=O) groups excluding carboxylic acids is 2. The third-order valence-electron chi connectivity index (χ3n) is 11.4. The first-order valence-corrected chi connectivity index (χ1v) is 14.6. The van der Waals surface area contributed by atoms with Crippen LogP contribution in [-0.4, -0.2) is 40.0 Å². The summed E-state index contributed by atoms with van der Waals surface area (Å²) in [6.45, 7) is 6.86. The zero-order valence-corrected chi connectivity index (χ0v) is 22.9. The maximum Gasteiger partial charge on any atom is 0.306 e. The lowest BCUT2D eigenvalue weighted by atomic mass is 9.43. The van der Waals surface area contributed by atoms with Gasteiger partial charge in [0.2, 0.25) is 0 Å². The predicted molar refractivity (Wildman–Crippen MR) is 138 cm³/mol. The van der Waals surface area contributed by atoms with Crippen LogP contribution in [0, 0.1) is 46.3 Å². The van der Waals surface area contributed by atoms with Gasteiger partial charge in [0.1, 0.15) is 11.9 Å². The Bertz CT molecular complexity index is 898. The number of Topliss-reactive ketones (excluding diaryl/α,β-unsaturated/α-hetero) is 1. The SMILES string of the molecule is C[C@H](CCC(=O)O)[C@H]1CC[C@H]2[C@@H]3CCC4CC(=O)CC[C@]4(C)[C@H]3C[C@H](OC(=O)CCCCC(=O)O)[C@]12C. The zero-order chi connectivity index (χ0) is 27.0. The minimum atomic E-state index is -0.850. The predicted octanol–water partition coefficient (Wildman–Crippen LogP) is 5.88. The number of esters is 1. The van der Waals surface area contributed by atoms with E-state index >= 15 is 0 Å². The highest BCUT2D eigenvalue weighted by atomic mass is 16.5. The number of aliphatic carboxylic acids is 2. The molecule has 0 saturated heterocycles. The van der Waals surface area contributed by atoms with Crippen molar-refractivity contribution >= 4 is 23.7 Å². The van der Waals surface area contributed by atoms with Crippen molar-refractivity contribution in [1.82, 2.24) is 0 Å². The Morgan fingerprint density at radius 1 is 0.973 bits per heavy atom. The van der Waals surface area contributed by atoms with Crippen LogP contribution in [0.15, 0.2) is 0 Å². The van der Waals surface area contributed by atoms with Crippen LogP contribution in [0.5, 0.6) is 0 Å². The molecule has 0 aromatic rings. The van der Waals surface area contributed by atoms with Crippen molar-refractivity contribution in [1.29, 1.82) is 0 Å². The average molecular weight is 519 g/mol. The number of hydrogen-bond donors (Lipinski definition) is 2. The third kappa shape index (κ3) is 5.47. The summed E-state index contributed by atoms with van der Waals surface area (Å²) in [6.07, 6.45) is 9.26. The molecule has 0 aromatic carbocycles. The molecule has 208 valence electrons. The number of carbonyl (C=O) groups is 4. The largest absolute Gasteiger partial charge is 0.481 e. The van der Waals surface area contributed by atoms with Crippen LogP contribution in [0.1, 0.15) is 111 Å². The fraction of sp³-hybridized carbons (Fsp3) is 0.867. The molecule has 1 unspecified atom stereocenters. The van der Waals surface area contributed by atoms with Crippen LogP contribution in [0.2, 0.25) is 0 Å². The number of ether oxygens (including phenoxy) is 1. The molecule has 4 aliphatic carbocycles. The summed E-state index contributed by atoms with van der Waals surface area (Å²) < 4.78 is 6.35. The first-order chi connectivity index (χ1) is 17.5. The molecule has 4 rings (SSSR count). The summed E-state index contributed by atoms with van der Waals surface area (Å²) in [6, 6.07) is 0. The molecule has 2 N–H and O–H groups in total. The number of carboxylic acids is 2. The molecule has 0 amide bonds. The molecule has 0 radical (unpaired) electrons. The molecule has 4 fully saturated rings. The van der Waals surface area contributed by atoms with E-state index in [1.165, 1.54) is 0 Å². The van der Waals surface area contributed by atoms with Crippen molar-refractivity contribution in [3.63, 3.8) is 0 Å². The molecule has 0 heterocycles. The van der Waals surface area contributed by atoms with E-state index in [1.807, 2.05) is 0 Å². The van der Waals surface area contributed by atoms with Crippen molar-refractivity contribution < 1.29 is 34.1 Å². The molecule has 7 heteroatoms. The van der Waals surface area contributed by atoms with Gasteiger partial charge in [0.25, 0.3) is 0 Å². The van der Waals surface area contributed by atoms with Crippen molar-refractivity contribution in [3.8, 4) is 0 Å². The van der Waals surface area contributed by atoms with Crippen LogP contribution in [0.3, 0.4) is 0 Å². The van der Waals surface area contributed by atoms with Crippen LogP contribution in [0.4, 0.5) is 0 Å². The molecule has 0 aromatic heterocycles.